The van der Waals surface area contributed by atoms with E-state index in [1.807, 2.05) is 55.3 Å². The van der Waals surface area contributed by atoms with Crippen LogP contribution in [0.5, 0.6) is 11.5 Å². The zero-order valence-electron chi connectivity index (χ0n) is 16.9. The average Bonchev–Trinajstić information content (AvgIpc) is 2.63. The van der Waals surface area contributed by atoms with Crippen molar-refractivity contribution in [3.8, 4) is 11.5 Å². The average molecular weight is 370 g/mol. The second-order valence-corrected chi connectivity index (χ2v) is 7.00. The van der Waals surface area contributed by atoms with Crippen molar-refractivity contribution in [2.45, 2.75) is 26.7 Å². The standard InChI is InChI=1S/C22H30N2O3/c1-16(2)20-8-6-7-17(3)22(20)23-21(25)15-24(4)13-14-27-19-11-9-18(26-5)10-12-19/h6-12,16H,13-15H2,1-5H3,(H,23,25). The van der Waals surface area contributed by atoms with Crippen LogP contribution in [-0.4, -0.2) is 44.7 Å². The maximum atomic E-state index is 12.4. The van der Waals surface area contributed by atoms with E-state index in [2.05, 4.69) is 25.2 Å². The molecule has 2 rings (SSSR count). The van der Waals surface area contributed by atoms with Crippen LogP contribution in [0.1, 0.15) is 30.9 Å². The summed E-state index contributed by atoms with van der Waals surface area (Å²) >= 11 is 0. The third kappa shape index (κ3) is 6.29. The lowest BCUT2D eigenvalue weighted by atomic mass is 9.98. The molecule has 0 aliphatic heterocycles. The van der Waals surface area contributed by atoms with Crippen molar-refractivity contribution in [1.29, 1.82) is 0 Å². The summed E-state index contributed by atoms with van der Waals surface area (Å²) in [6.45, 7) is 7.77. The number of nitrogens with zero attached hydrogens (tertiary/aromatic N) is 1. The number of likely N-dealkylation sites (N-methyl/N-ethyl adjacent to an activating group) is 1. The summed E-state index contributed by atoms with van der Waals surface area (Å²) in [5.41, 5.74) is 3.18. The van der Waals surface area contributed by atoms with Gasteiger partial charge in [0.05, 0.1) is 13.7 Å². The van der Waals surface area contributed by atoms with E-state index in [9.17, 15) is 4.79 Å². The molecule has 27 heavy (non-hydrogen) atoms. The summed E-state index contributed by atoms with van der Waals surface area (Å²) in [7, 11) is 3.55. The lowest BCUT2D eigenvalue weighted by molar-refractivity contribution is -0.117. The fourth-order valence-corrected chi connectivity index (χ4v) is 2.84. The van der Waals surface area contributed by atoms with Crippen LogP contribution in [-0.2, 0) is 4.79 Å². The number of aryl methyl sites for hydroxylation is 1. The SMILES string of the molecule is COc1ccc(OCCN(C)CC(=O)Nc2c(C)cccc2C(C)C)cc1. The first-order chi connectivity index (χ1) is 12.9. The minimum Gasteiger partial charge on any atom is -0.497 e. The largest absolute Gasteiger partial charge is 0.497 e. The van der Waals surface area contributed by atoms with Gasteiger partial charge in [-0.1, -0.05) is 32.0 Å². The number of methoxy groups -OCH3 is 1. The van der Waals surface area contributed by atoms with E-state index < -0.39 is 0 Å². The van der Waals surface area contributed by atoms with E-state index in [1.165, 1.54) is 0 Å². The van der Waals surface area contributed by atoms with E-state index in [-0.39, 0.29) is 5.91 Å². The maximum absolute atomic E-state index is 12.4. The molecule has 0 radical (unpaired) electrons. The molecule has 0 saturated heterocycles. The molecule has 1 amide bonds. The van der Waals surface area contributed by atoms with Gasteiger partial charge in [-0.05, 0) is 55.3 Å². The fourth-order valence-electron chi connectivity index (χ4n) is 2.84. The molecule has 0 unspecified atom stereocenters. The highest BCUT2D eigenvalue weighted by molar-refractivity contribution is 5.93. The minimum absolute atomic E-state index is 0.0156. The second-order valence-electron chi connectivity index (χ2n) is 7.00. The Labute approximate surface area is 162 Å². The van der Waals surface area contributed by atoms with Crippen LogP contribution in [0, 0.1) is 6.92 Å². The Bertz CT molecular complexity index is 742. The Morgan fingerprint density at radius 3 is 2.41 bits per heavy atom. The third-order valence-electron chi connectivity index (χ3n) is 4.41. The molecule has 5 nitrogen and oxygen atoms in total. The number of hydrogen-bond acceptors (Lipinski definition) is 4. The lowest BCUT2D eigenvalue weighted by Crippen LogP contribution is -2.33. The molecular weight excluding hydrogens is 340 g/mol. The Hall–Kier alpha value is -2.53. The van der Waals surface area contributed by atoms with Gasteiger partial charge in [0.15, 0.2) is 0 Å². The number of benzene rings is 2. The number of ether oxygens (including phenoxy) is 2. The number of nitrogens with one attached hydrogen (secondary N) is 1. The predicted molar refractivity (Wildman–Crippen MR) is 110 cm³/mol. The topological polar surface area (TPSA) is 50.8 Å². The van der Waals surface area contributed by atoms with Gasteiger partial charge in [0.2, 0.25) is 5.91 Å². The van der Waals surface area contributed by atoms with Gasteiger partial charge in [-0.15, -0.1) is 0 Å². The van der Waals surface area contributed by atoms with Crippen LogP contribution in [0.15, 0.2) is 42.5 Å². The fraction of sp³-hybridized carbons (Fsp3) is 0.409. The smallest absolute Gasteiger partial charge is 0.238 e. The molecule has 1 N–H and O–H groups in total. The number of carbonyl (C=O) groups is 1. The normalized spacial score (nSPS) is 10.9. The number of carbonyl (C=O) groups excluding carboxylic acids is 1. The Morgan fingerprint density at radius 2 is 1.78 bits per heavy atom. The lowest BCUT2D eigenvalue weighted by Gasteiger charge is -2.19. The van der Waals surface area contributed by atoms with Gasteiger partial charge >= 0.3 is 0 Å². The monoisotopic (exact) mass is 370 g/mol. The highest BCUT2D eigenvalue weighted by Crippen LogP contribution is 2.27. The molecule has 0 aliphatic carbocycles. The van der Waals surface area contributed by atoms with E-state index in [4.69, 9.17) is 9.47 Å². The van der Waals surface area contributed by atoms with Gasteiger partial charge in [0, 0.05) is 12.2 Å². The predicted octanol–water partition coefficient (Wildman–Crippen LogP) is 4.08. The molecule has 0 bridgehead atoms. The molecule has 0 heterocycles. The van der Waals surface area contributed by atoms with Crippen molar-refractivity contribution < 1.29 is 14.3 Å². The van der Waals surface area contributed by atoms with Crippen LogP contribution in [0.25, 0.3) is 0 Å². The van der Waals surface area contributed by atoms with E-state index in [1.54, 1.807) is 7.11 Å². The first kappa shape index (κ1) is 20.8. The van der Waals surface area contributed by atoms with Crippen LogP contribution < -0.4 is 14.8 Å². The number of rotatable bonds is 9. The summed E-state index contributed by atoms with van der Waals surface area (Å²) in [6.07, 6.45) is 0. The molecule has 2 aromatic rings. The first-order valence-corrected chi connectivity index (χ1v) is 9.25. The van der Waals surface area contributed by atoms with Crippen molar-refractivity contribution in [3.05, 3.63) is 53.6 Å². The number of para-hydroxylation sites is 1. The summed E-state index contributed by atoms with van der Waals surface area (Å²) in [5.74, 6) is 1.93. The molecule has 0 aliphatic rings. The van der Waals surface area contributed by atoms with E-state index in [0.717, 1.165) is 28.3 Å². The van der Waals surface area contributed by atoms with E-state index in [0.29, 0.717) is 25.6 Å². The quantitative estimate of drug-likeness (QED) is 0.723. The first-order valence-electron chi connectivity index (χ1n) is 9.25. The van der Waals surface area contributed by atoms with Gasteiger partial charge in [-0.25, -0.2) is 0 Å². The maximum Gasteiger partial charge on any atom is 0.238 e. The van der Waals surface area contributed by atoms with Gasteiger partial charge in [-0.2, -0.15) is 0 Å². The molecule has 0 saturated carbocycles. The van der Waals surface area contributed by atoms with Crippen LogP contribution in [0.3, 0.4) is 0 Å². The molecule has 146 valence electrons. The van der Waals surface area contributed by atoms with Gasteiger partial charge < -0.3 is 14.8 Å². The zero-order chi connectivity index (χ0) is 19.8. The van der Waals surface area contributed by atoms with Gasteiger partial charge in [0.25, 0.3) is 0 Å². The zero-order valence-corrected chi connectivity index (χ0v) is 16.9. The minimum atomic E-state index is -0.0156. The summed E-state index contributed by atoms with van der Waals surface area (Å²) in [6, 6.07) is 13.6. The van der Waals surface area contributed by atoms with Crippen LogP contribution in [0.4, 0.5) is 5.69 Å². The molecule has 0 atom stereocenters. The molecule has 5 heteroatoms. The number of anilines is 1. The van der Waals surface area contributed by atoms with Gasteiger partial charge in [-0.3, -0.25) is 9.69 Å². The number of hydrogen-bond donors (Lipinski definition) is 1. The molecule has 0 aromatic heterocycles. The molecular formula is C22H30N2O3. The Morgan fingerprint density at radius 1 is 1.11 bits per heavy atom. The van der Waals surface area contributed by atoms with Crippen LogP contribution >= 0.6 is 0 Å². The number of amides is 1. The summed E-state index contributed by atoms with van der Waals surface area (Å²) < 4.78 is 10.8. The second kappa shape index (κ2) is 9.97. The van der Waals surface area contributed by atoms with Crippen molar-refractivity contribution >= 4 is 11.6 Å². The molecule has 2 aromatic carbocycles. The summed E-state index contributed by atoms with van der Waals surface area (Å²) in [4.78, 5) is 14.4. The van der Waals surface area contributed by atoms with Crippen LogP contribution in [0.2, 0.25) is 0 Å². The molecule has 0 spiro atoms. The van der Waals surface area contributed by atoms with Crippen molar-refractivity contribution in [2.24, 2.45) is 0 Å². The highest BCUT2D eigenvalue weighted by atomic mass is 16.5. The third-order valence-corrected chi connectivity index (χ3v) is 4.41. The van der Waals surface area contributed by atoms with Crippen molar-refractivity contribution in [3.63, 3.8) is 0 Å². The Kier molecular flexibility index (Phi) is 7.67. The summed E-state index contributed by atoms with van der Waals surface area (Å²) in [5, 5.41) is 3.08. The van der Waals surface area contributed by atoms with Gasteiger partial charge in [0.1, 0.15) is 18.1 Å². The highest BCUT2D eigenvalue weighted by Gasteiger charge is 2.13. The molecule has 0 fully saturated rings. The van der Waals surface area contributed by atoms with Crippen molar-refractivity contribution in [1.82, 2.24) is 4.90 Å². The van der Waals surface area contributed by atoms with Crippen molar-refractivity contribution in [2.75, 3.05) is 39.2 Å². The van der Waals surface area contributed by atoms with E-state index >= 15 is 0 Å². The Balaban J connectivity index is 1.82.